The zero-order chi connectivity index (χ0) is 19.2. The summed E-state index contributed by atoms with van der Waals surface area (Å²) in [7, 11) is 0. The van der Waals surface area contributed by atoms with Gasteiger partial charge < -0.3 is 10.1 Å². The van der Waals surface area contributed by atoms with Crippen LogP contribution in [0, 0.1) is 17.0 Å². The van der Waals surface area contributed by atoms with Crippen LogP contribution >= 0.6 is 0 Å². The van der Waals surface area contributed by atoms with E-state index >= 15 is 0 Å². The van der Waals surface area contributed by atoms with Crippen LogP contribution in [0.5, 0.6) is 0 Å². The lowest BCUT2D eigenvalue weighted by Gasteiger charge is -2.31. The lowest BCUT2D eigenvalue weighted by Crippen LogP contribution is -2.43. The summed E-state index contributed by atoms with van der Waals surface area (Å²) >= 11 is 0. The fourth-order valence-electron chi connectivity index (χ4n) is 3.20. The Morgan fingerprint density at radius 2 is 1.93 bits per heavy atom. The zero-order valence-electron chi connectivity index (χ0n) is 15.3. The number of nitrogens with one attached hydrogen (secondary N) is 1. The van der Waals surface area contributed by atoms with Crippen LogP contribution in [0.1, 0.15) is 27.5 Å². The highest BCUT2D eigenvalue weighted by Crippen LogP contribution is 2.20. The molecule has 1 amide bonds. The maximum absolute atomic E-state index is 12.8. The van der Waals surface area contributed by atoms with Crippen LogP contribution in [0.15, 0.2) is 48.5 Å². The lowest BCUT2D eigenvalue weighted by molar-refractivity contribution is -0.385. The lowest BCUT2D eigenvalue weighted by atomic mass is 10.0. The topological polar surface area (TPSA) is 84.7 Å². The Balaban J connectivity index is 1.77. The van der Waals surface area contributed by atoms with Crippen molar-refractivity contribution >= 4 is 11.6 Å². The normalized spacial score (nSPS) is 15.9. The van der Waals surface area contributed by atoms with Gasteiger partial charge in [-0.25, -0.2) is 0 Å². The molecule has 0 aromatic heterocycles. The predicted molar refractivity (Wildman–Crippen MR) is 102 cm³/mol. The maximum atomic E-state index is 12.8. The second-order valence-electron chi connectivity index (χ2n) is 6.61. The molecule has 1 unspecified atom stereocenters. The van der Waals surface area contributed by atoms with Gasteiger partial charge in [-0.05, 0) is 24.6 Å². The van der Waals surface area contributed by atoms with Gasteiger partial charge in [-0.1, -0.05) is 30.3 Å². The van der Waals surface area contributed by atoms with Crippen molar-refractivity contribution in [3.63, 3.8) is 0 Å². The molecule has 0 saturated carbocycles. The van der Waals surface area contributed by atoms with Crippen LogP contribution in [0.4, 0.5) is 5.69 Å². The quantitative estimate of drug-likeness (QED) is 0.625. The van der Waals surface area contributed by atoms with Gasteiger partial charge in [0.1, 0.15) is 0 Å². The highest BCUT2D eigenvalue weighted by molar-refractivity contribution is 5.95. The number of carbonyl (C=O) groups is 1. The third-order valence-electron chi connectivity index (χ3n) is 4.71. The van der Waals surface area contributed by atoms with Gasteiger partial charge in [0.25, 0.3) is 11.6 Å². The smallest absolute Gasteiger partial charge is 0.272 e. The molecule has 0 bridgehead atoms. The number of ether oxygens (including phenoxy) is 1. The number of hydrogen-bond donors (Lipinski definition) is 1. The maximum Gasteiger partial charge on any atom is 0.272 e. The summed E-state index contributed by atoms with van der Waals surface area (Å²) in [5.74, 6) is -0.241. The molecule has 1 aliphatic rings. The second-order valence-corrected chi connectivity index (χ2v) is 6.61. The van der Waals surface area contributed by atoms with Crippen LogP contribution in [0.2, 0.25) is 0 Å². The van der Waals surface area contributed by atoms with E-state index in [0.717, 1.165) is 18.7 Å². The SMILES string of the molecule is Cc1cc(C(=O)NC(CN2CCOCC2)c2ccccc2)ccc1[N+](=O)[O-]. The minimum Gasteiger partial charge on any atom is -0.379 e. The number of rotatable bonds is 6. The van der Waals surface area contributed by atoms with Gasteiger partial charge >= 0.3 is 0 Å². The van der Waals surface area contributed by atoms with Crippen LogP contribution in [-0.4, -0.2) is 48.6 Å². The van der Waals surface area contributed by atoms with E-state index < -0.39 is 4.92 Å². The highest BCUT2D eigenvalue weighted by atomic mass is 16.6. The monoisotopic (exact) mass is 369 g/mol. The Morgan fingerprint density at radius 3 is 2.56 bits per heavy atom. The molecule has 3 rings (SSSR count). The molecule has 1 fully saturated rings. The Bertz CT molecular complexity index is 804. The minimum atomic E-state index is -0.442. The first-order valence-corrected chi connectivity index (χ1v) is 8.95. The molecule has 0 radical (unpaired) electrons. The summed E-state index contributed by atoms with van der Waals surface area (Å²) in [5.41, 5.74) is 1.92. The largest absolute Gasteiger partial charge is 0.379 e. The first-order chi connectivity index (χ1) is 13.0. The number of nitrogens with zero attached hydrogens (tertiary/aromatic N) is 2. The zero-order valence-corrected chi connectivity index (χ0v) is 15.3. The van der Waals surface area contributed by atoms with Crippen LogP contribution in [-0.2, 0) is 4.74 Å². The van der Waals surface area contributed by atoms with E-state index in [-0.39, 0.29) is 17.6 Å². The summed E-state index contributed by atoms with van der Waals surface area (Å²) in [4.78, 5) is 25.6. The molecule has 1 saturated heterocycles. The number of nitro groups is 1. The molecule has 0 spiro atoms. The molecule has 0 aliphatic carbocycles. The fraction of sp³-hybridized carbons (Fsp3) is 0.350. The van der Waals surface area contributed by atoms with Gasteiger partial charge in [0.15, 0.2) is 0 Å². The van der Waals surface area contributed by atoms with E-state index in [4.69, 9.17) is 4.74 Å². The minimum absolute atomic E-state index is 0.0134. The third kappa shape index (κ3) is 4.90. The summed E-state index contributed by atoms with van der Waals surface area (Å²) in [5, 5.41) is 14.1. The van der Waals surface area contributed by atoms with E-state index in [1.807, 2.05) is 30.3 Å². The van der Waals surface area contributed by atoms with Crippen molar-refractivity contribution in [2.24, 2.45) is 0 Å². The van der Waals surface area contributed by atoms with Crippen molar-refractivity contribution in [1.82, 2.24) is 10.2 Å². The number of hydrogen-bond acceptors (Lipinski definition) is 5. The van der Waals surface area contributed by atoms with Gasteiger partial charge in [-0.3, -0.25) is 19.8 Å². The van der Waals surface area contributed by atoms with Crippen LogP contribution < -0.4 is 5.32 Å². The van der Waals surface area contributed by atoms with E-state index in [9.17, 15) is 14.9 Å². The van der Waals surface area contributed by atoms with Gasteiger partial charge in [-0.2, -0.15) is 0 Å². The first kappa shape index (κ1) is 19.0. The van der Waals surface area contributed by atoms with Crippen LogP contribution in [0.25, 0.3) is 0 Å². The molecular formula is C20H23N3O4. The van der Waals surface area contributed by atoms with Crippen molar-refractivity contribution in [2.45, 2.75) is 13.0 Å². The van der Waals surface area contributed by atoms with Crippen molar-refractivity contribution in [3.05, 3.63) is 75.3 Å². The molecule has 7 heteroatoms. The van der Waals surface area contributed by atoms with E-state index in [1.54, 1.807) is 13.0 Å². The van der Waals surface area contributed by atoms with E-state index in [0.29, 0.717) is 30.9 Å². The fourth-order valence-corrected chi connectivity index (χ4v) is 3.20. The molecule has 142 valence electrons. The first-order valence-electron chi connectivity index (χ1n) is 8.95. The number of nitro benzene ring substituents is 1. The van der Waals surface area contributed by atoms with Gasteiger partial charge in [-0.15, -0.1) is 0 Å². The van der Waals surface area contributed by atoms with Gasteiger partial charge in [0.05, 0.1) is 24.2 Å². The Kier molecular flexibility index (Phi) is 6.16. The summed E-state index contributed by atoms with van der Waals surface area (Å²) < 4.78 is 5.40. The molecule has 2 aromatic rings. The second kappa shape index (κ2) is 8.75. The molecule has 2 aromatic carbocycles. The predicted octanol–water partition coefficient (Wildman–Crippen LogP) is 2.71. The summed E-state index contributed by atoms with van der Waals surface area (Å²) in [6.07, 6.45) is 0. The highest BCUT2D eigenvalue weighted by Gasteiger charge is 2.21. The van der Waals surface area contributed by atoms with E-state index in [2.05, 4.69) is 10.2 Å². The third-order valence-corrected chi connectivity index (χ3v) is 4.71. The average molecular weight is 369 g/mol. The molecule has 1 N–H and O–H groups in total. The summed E-state index contributed by atoms with van der Waals surface area (Å²) in [6, 6.07) is 14.1. The Hall–Kier alpha value is -2.77. The molecular weight excluding hydrogens is 346 g/mol. The molecule has 7 nitrogen and oxygen atoms in total. The number of morpholine rings is 1. The van der Waals surface area contributed by atoms with Crippen molar-refractivity contribution < 1.29 is 14.5 Å². The summed E-state index contributed by atoms with van der Waals surface area (Å²) in [6.45, 7) is 5.36. The standard InChI is InChI=1S/C20H23N3O4/c1-15-13-17(7-8-19(15)23(25)26)20(24)21-18(16-5-3-2-4-6-16)14-22-9-11-27-12-10-22/h2-8,13,18H,9-12,14H2,1H3,(H,21,24). The van der Waals surface area contributed by atoms with Crippen molar-refractivity contribution in [2.75, 3.05) is 32.8 Å². The molecule has 27 heavy (non-hydrogen) atoms. The van der Waals surface area contributed by atoms with Crippen LogP contribution in [0.3, 0.4) is 0 Å². The number of amides is 1. The molecule has 1 atom stereocenters. The van der Waals surface area contributed by atoms with Crippen molar-refractivity contribution in [3.8, 4) is 0 Å². The van der Waals surface area contributed by atoms with E-state index in [1.165, 1.54) is 12.1 Å². The molecule has 1 aliphatic heterocycles. The van der Waals surface area contributed by atoms with Crippen molar-refractivity contribution in [1.29, 1.82) is 0 Å². The number of carbonyl (C=O) groups excluding carboxylic acids is 1. The molecule has 1 heterocycles. The van der Waals surface area contributed by atoms with Gasteiger partial charge in [0, 0.05) is 36.8 Å². The Labute approximate surface area is 158 Å². The Morgan fingerprint density at radius 1 is 1.22 bits per heavy atom. The number of aryl methyl sites for hydroxylation is 1. The average Bonchev–Trinajstić information content (AvgIpc) is 2.68. The van der Waals surface area contributed by atoms with Gasteiger partial charge in [0.2, 0.25) is 0 Å². The number of benzene rings is 2.